The summed E-state index contributed by atoms with van der Waals surface area (Å²) in [4.78, 5) is 23.9. The molecular formula is C27H29N5O2. The lowest BCUT2D eigenvalue weighted by Crippen LogP contribution is -2.35. The standard InChI is InChI=1S/C27H29N5O2/c1-18-28-17-25(32(18)3)20-4-5-21-16-29-26(15-22(21)14-20)30-27(33)19-6-8-23(9-7-19)34-24-10-12-31(2)13-11-24/h4-9,14-17,24H,10-13H2,1-3H3,(H,29,30,33). The highest BCUT2D eigenvalue weighted by Crippen LogP contribution is 2.26. The fraction of sp³-hybridized carbons (Fsp3) is 0.296. The van der Waals surface area contributed by atoms with Gasteiger partial charge in [-0.1, -0.05) is 12.1 Å². The Hall–Kier alpha value is -3.71. The third-order valence-corrected chi connectivity index (χ3v) is 6.56. The Morgan fingerprint density at radius 3 is 2.44 bits per heavy atom. The molecule has 3 heterocycles. The molecule has 0 aliphatic carbocycles. The van der Waals surface area contributed by atoms with Gasteiger partial charge in [-0.05, 0) is 68.6 Å². The topological polar surface area (TPSA) is 72.3 Å². The molecule has 1 aliphatic rings. The van der Waals surface area contributed by atoms with Crippen LogP contribution in [-0.2, 0) is 7.05 Å². The first-order valence-corrected chi connectivity index (χ1v) is 11.6. The van der Waals surface area contributed by atoms with Crippen molar-refractivity contribution in [1.82, 2.24) is 19.4 Å². The van der Waals surface area contributed by atoms with Gasteiger partial charge in [0.25, 0.3) is 5.91 Å². The molecule has 1 saturated heterocycles. The number of aryl methyl sites for hydroxylation is 1. The number of pyridine rings is 1. The van der Waals surface area contributed by atoms with Crippen LogP contribution in [0.25, 0.3) is 22.0 Å². The molecule has 7 nitrogen and oxygen atoms in total. The van der Waals surface area contributed by atoms with E-state index in [1.165, 1.54) is 0 Å². The number of nitrogens with zero attached hydrogens (tertiary/aromatic N) is 4. The van der Waals surface area contributed by atoms with Gasteiger partial charge < -0.3 is 19.5 Å². The number of piperidine rings is 1. The molecule has 2 aromatic carbocycles. The molecule has 34 heavy (non-hydrogen) atoms. The van der Waals surface area contributed by atoms with E-state index in [1.54, 1.807) is 18.3 Å². The zero-order valence-corrected chi connectivity index (χ0v) is 19.8. The van der Waals surface area contributed by atoms with Crippen LogP contribution in [-0.4, -0.2) is 51.6 Å². The highest BCUT2D eigenvalue weighted by atomic mass is 16.5. The quantitative estimate of drug-likeness (QED) is 0.474. The number of likely N-dealkylation sites (tertiary alicyclic amines) is 1. The van der Waals surface area contributed by atoms with Gasteiger partial charge in [0.15, 0.2) is 0 Å². The molecule has 0 unspecified atom stereocenters. The van der Waals surface area contributed by atoms with Gasteiger partial charge in [0.2, 0.25) is 0 Å². The Balaban J connectivity index is 1.28. The van der Waals surface area contributed by atoms with Gasteiger partial charge >= 0.3 is 0 Å². The lowest BCUT2D eigenvalue weighted by Gasteiger charge is -2.29. The van der Waals surface area contributed by atoms with Crippen LogP contribution in [0.1, 0.15) is 29.0 Å². The molecule has 174 valence electrons. The molecule has 0 atom stereocenters. The largest absolute Gasteiger partial charge is 0.490 e. The van der Waals surface area contributed by atoms with Gasteiger partial charge in [-0.25, -0.2) is 9.97 Å². The van der Waals surface area contributed by atoms with Gasteiger partial charge in [0.05, 0.1) is 11.9 Å². The molecule has 1 amide bonds. The second-order valence-electron chi connectivity index (χ2n) is 8.98. The fourth-order valence-electron chi connectivity index (χ4n) is 4.31. The Bertz CT molecular complexity index is 1320. The van der Waals surface area contributed by atoms with Crippen LogP contribution in [0.4, 0.5) is 5.82 Å². The van der Waals surface area contributed by atoms with Gasteiger partial charge in [-0.2, -0.15) is 0 Å². The number of aromatic nitrogens is 3. The second kappa shape index (κ2) is 9.27. The Morgan fingerprint density at radius 1 is 0.971 bits per heavy atom. The minimum Gasteiger partial charge on any atom is -0.490 e. The molecule has 5 rings (SSSR count). The number of imidazole rings is 1. The number of nitrogens with one attached hydrogen (secondary N) is 1. The van der Waals surface area contributed by atoms with Crippen LogP contribution >= 0.6 is 0 Å². The number of carbonyl (C=O) groups is 1. The van der Waals surface area contributed by atoms with E-state index >= 15 is 0 Å². The first-order chi connectivity index (χ1) is 16.5. The van der Waals surface area contributed by atoms with E-state index in [0.717, 1.165) is 59.5 Å². The molecule has 1 N–H and O–H groups in total. The van der Waals surface area contributed by atoms with Gasteiger partial charge in [0.1, 0.15) is 23.5 Å². The van der Waals surface area contributed by atoms with Crippen molar-refractivity contribution >= 4 is 22.5 Å². The molecule has 4 aromatic rings. The molecule has 1 aliphatic heterocycles. The number of fused-ring (bicyclic) bond motifs is 1. The lowest BCUT2D eigenvalue weighted by molar-refractivity contribution is 0.102. The van der Waals surface area contributed by atoms with E-state index in [4.69, 9.17) is 4.74 Å². The van der Waals surface area contributed by atoms with Crippen molar-refractivity contribution < 1.29 is 9.53 Å². The third kappa shape index (κ3) is 4.65. The minimum atomic E-state index is -0.198. The predicted octanol–water partition coefficient (Wildman–Crippen LogP) is 4.67. The van der Waals surface area contributed by atoms with Crippen LogP contribution in [0.15, 0.2) is 60.9 Å². The maximum Gasteiger partial charge on any atom is 0.256 e. The van der Waals surface area contributed by atoms with Gasteiger partial charge in [0, 0.05) is 42.8 Å². The summed E-state index contributed by atoms with van der Waals surface area (Å²) in [6.07, 6.45) is 5.93. The van der Waals surface area contributed by atoms with Crippen molar-refractivity contribution in [3.63, 3.8) is 0 Å². The molecule has 1 fully saturated rings. The summed E-state index contributed by atoms with van der Waals surface area (Å²) in [5, 5.41) is 4.93. The molecule has 0 spiro atoms. The van der Waals surface area contributed by atoms with Crippen molar-refractivity contribution in [2.75, 3.05) is 25.5 Å². The molecule has 2 aromatic heterocycles. The average Bonchev–Trinajstić information content (AvgIpc) is 3.18. The highest BCUT2D eigenvalue weighted by molar-refractivity contribution is 6.04. The summed E-state index contributed by atoms with van der Waals surface area (Å²) in [6, 6.07) is 15.4. The molecule has 0 radical (unpaired) electrons. The van der Waals surface area contributed by atoms with E-state index in [1.807, 2.05) is 44.4 Å². The first kappa shape index (κ1) is 22.1. The second-order valence-corrected chi connectivity index (χ2v) is 8.98. The first-order valence-electron chi connectivity index (χ1n) is 11.6. The summed E-state index contributed by atoms with van der Waals surface area (Å²) in [5.74, 6) is 2.08. The van der Waals surface area contributed by atoms with Crippen LogP contribution in [0.5, 0.6) is 5.75 Å². The van der Waals surface area contributed by atoms with E-state index in [9.17, 15) is 4.79 Å². The van der Waals surface area contributed by atoms with Crippen molar-refractivity contribution in [3.05, 3.63) is 72.3 Å². The number of ether oxygens (including phenoxy) is 1. The van der Waals surface area contributed by atoms with Crippen molar-refractivity contribution in [2.24, 2.45) is 7.05 Å². The lowest BCUT2D eigenvalue weighted by atomic mass is 10.1. The average molecular weight is 456 g/mol. The summed E-state index contributed by atoms with van der Waals surface area (Å²) < 4.78 is 8.15. The fourth-order valence-corrected chi connectivity index (χ4v) is 4.31. The SMILES string of the molecule is Cc1ncc(-c2ccc3cnc(NC(=O)c4ccc(OC5CCN(C)CC5)cc4)cc3c2)n1C. The summed E-state index contributed by atoms with van der Waals surface area (Å²) in [5.41, 5.74) is 2.68. The van der Waals surface area contributed by atoms with E-state index < -0.39 is 0 Å². The Kier molecular flexibility index (Phi) is 6.02. The number of benzene rings is 2. The van der Waals surface area contributed by atoms with E-state index in [-0.39, 0.29) is 12.0 Å². The zero-order valence-electron chi connectivity index (χ0n) is 19.8. The van der Waals surface area contributed by atoms with Crippen molar-refractivity contribution in [1.29, 1.82) is 0 Å². The minimum absolute atomic E-state index is 0.198. The summed E-state index contributed by atoms with van der Waals surface area (Å²) in [6.45, 7) is 4.08. The highest BCUT2D eigenvalue weighted by Gasteiger charge is 2.18. The smallest absolute Gasteiger partial charge is 0.256 e. The summed E-state index contributed by atoms with van der Waals surface area (Å²) in [7, 11) is 4.14. The van der Waals surface area contributed by atoms with E-state index in [2.05, 4.69) is 43.9 Å². The number of carbonyl (C=O) groups excluding carboxylic acids is 1. The number of rotatable bonds is 5. The van der Waals surface area contributed by atoms with E-state index in [0.29, 0.717) is 11.4 Å². The van der Waals surface area contributed by atoms with Crippen LogP contribution < -0.4 is 10.1 Å². The molecule has 7 heteroatoms. The maximum absolute atomic E-state index is 12.8. The molecule has 0 saturated carbocycles. The van der Waals surface area contributed by atoms with Crippen molar-refractivity contribution in [2.45, 2.75) is 25.9 Å². The summed E-state index contributed by atoms with van der Waals surface area (Å²) >= 11 is 0. The Morgan fingerprint density at radius 2 is 1.74 bits per heavy atom. The maximum atomic E-state index is 12.8. The Labute approximate surface area is 199 Å². The predicted molar refractivity (Wildman–Crippen MR) is 134 cm³/mol. The molecular weight excluding hydrogens is 426 g/mol. The van der Waals surface area contributed by atoms with Crippen LogP contribution in [0, 0.1) is 6.92 Å². The van der Waals surface area contributed by atoms with Crippen molar-refractivity contribution in [3.8, 4) is 17.0 Å². The van der Waals surface area contributed by atoms with Crippen LogP contribution in [0.2, 0.25) is 0 Å². The normalized spacial score (nSPS) is 14.9. The number of hydrogen-bond donors (Lipinski definition) is 1. The number of amides is 1. The molecule has 0 bridgehead atoms. The number of hydrogen-bond acceptors (Lipinski definition) is 5. The monoisotopic (exact) mass is 455 g/mol. The third-order valence-electron chi connectivity index (χ3n) is 6.56. The zero-order chi connectivity index (χ0) is 23.7. The van der Waals surface area contributed by atoms with Gasteiger partial charge in [-0.15, -0.1) is 0 Å². The van der Waals surface area contributed by atoms with Gasteiger partial charge in [-0.3, -0.25) is 4.79 Å². The number of anilines is 1. The van der Waals surface area contributed by atoms with Crippen LogP contribution in [0.3, 0.4) is 0 Å².